The molecule has 7 heteroatoms. The van der Waals surface area contributed by atoms with Gasteiger partial charge in [0.2, 0.25) is 5.95 Å². The lowest BCUT2D eigenvalue weighted by Crippen LogP contribution is -2.39. The van der Waals surface area contributed by atoms with E-state index in [1.54, 1.807) is 6.07 Å². The van der Waals surface area contributed by atoms with Crippen molar-refractivity contribution < 1.29 is 5.11 Å². The maximum atomic E-state index is 10.4. The molecule has 0 amide bonds. The minimum absolute atomic E-state index is 0.158. The molecule has 2 rings (SSSR count). The molecule has 1 aromatic heterocycles. The van der Waals surface area contributed by atoms with Crippen molar-refractivity contribution in [1.29, 1.82) is 0 Å². The zero-order valence-corrected chi connectivity index (χ0v) is 10.6. The third-order valence-corrected chi connectivity index (χ3v) is 3.33. The van der Waals surface area contributed by atoms with Crippen molar-refractivity contribution >= 4 is 17.6 Å². The first-order chi connectivity index (χ1) is 8.52. The molecule has 0 unspecified atom stereocenters. The number of hydrogen-bond donors (Lipinski definition) is 4. The van der Waals surface area contributed by atoms with Crippen molar-refractivity contribution in [2.75, 3.05) is 29.7 Å². The summed E-state index contributed by atoms with van der Waals surface area (Å²) in [5.41, 5.74) is 7.43. The predicted molar refractivity (Wildman–Crippen MR) is 70.9 cm³/mol. The maximum Gasteiger partial charge on any atom is 0.223 e. The van der Waals surface area contributed by atoms with E-state index in [-0.39, 0.29) is 5.95 Å². The van der Waals surface area contributed by atoms with Crippen LogP contribution in [0.15, 0.2) is 6.07 Å². The van der Waals surface area contributed by atoms with Gasteiger partial charge in [-0.05, 0) is 12.8 Å². The van der Waals surface area contributed by atoms with Gasteiger partial charge in [0.1, 0.15) is 11.6 Å². The maximum absolute atomic E-state index is 10.4. The lowest BCUT2D eigenvalue weighted by atomic mass is 10.0. The number of likely N-dealkylation sites (N-methyl/N-ethyl adjacent to an activating group) is 1. The Hall–Kier alpha value is -1.60. The second-order valence-corrected chi connectivity index (χ2v) is 4.90. The molecule has 0 radical (unpaired) electrons. The highest BCUT2D eigenvalue weighted by molar-refractivity contribution is 5.51. The summed E-state index contributed by atoms with van der Waals surface area (Å²) < 4.78 is 0. The molecule has 6 N–H and O–H groups in total. The third-order valence-electron chi connectivity index (χ3n) is 3.33. The van der Waals surface area contributed by atoms with Crippen LogP contribution in [0, 0.1) is 0 Å². The Morgan fingerprint density at radius 3 is 2.72 bits per heavy atom. The Kier molecular flexibility index (Phi) is 3.53. The molecule has 100 valence electrons. The molecular formula is C11H20N6O. The molecule has 0 bridgehead atoms. The van der Waals surface area contributed by atoms with Crippen molar-refractivity contribution in [2.24, 2.45) is 5.84 Å². The van der Waals surface area contributed by atoms with Gasteiger partial charge in [0.05, 0.1) is 5.60 Å². The van der Waals surface area contributed by atoms with Crippen LogP contribution >= 0.6 is 0 Å². The monoisotopic (exact) mass is 252 g/mol. The Morgan fingerprint density at radius 2 is 2.11 bits per heavy atom. The Morgan fingerprint density at radius 1 is 1.44 bits per heavy atom. The summed E-state index contributed by atoms with van der Waals surface area (Å²) in [4.78, 5) is 9.95. The number of rotatable bonds is 4. The third kappa shape index (κ3) is 2.80. The van der Waals surface area contributed by atoms with Gasteiger partial charge in [0, 0.05) is 19.7 Å². The summed E-state index contributed by atoms with van der Waals surface area (Å²) >= 11 is 0. The van der Waals surface area contributed by atoms with Gasteiger partial charge in [-0.1, -0.05) is 12.8 Å². The number of nitrogens with two attached hydrogens (primary N) is 2. The van der Waals surface area contributed by atoms with Crippen LogP contribution in [0.1, 0.15) is 25.7 Å². The van der Waals surface area contributed by atoms with Crippen molar-refractivity contribution in [3.63, 3.8) is 0 Å². The van der Waals surface area contributed by atoms with Crippen LogP contribution in [0.4, 0.5) is 17.6 Å². The van der Waals surface area contributed by atoms with E-state index in [1.165, 1.54) is 0 Å². The topological polar surface area (TPSA) is 113 Å². The average Bonchev–Trinajstić information content (AvgIpc) is 2.74. The fraction of sp³-hybridized carbons (Fsp3) is 0.636. The summed E-state index contributed by atoms with van der Waals surface area (Å²) in [6, 6.07) is 1.70. The van der Waals surface area contributed by atoms with E-state index in [4.69, 9.17) is 11.6 Å². The lowest BCUT2D eigenvalue weighted by molar-refractivity contribution is 0.0558. The van der Waals surface area contributed by atoms with Crippen molar-refractivity contribution in [2.45, 2.75) is 31.3 Å². The Bertz CT molecular complexity index is 418. The van der Waals surface area contributed by atoms with Crippen LogP contribution in [0.25, 0.3) is 0 Å². The molecule has 0 aliphatic heterocycles. The Balaban J connectivity index is 2.12. The Labute approximate surface area is 106 Å². The number of anilines is 3. The van der Waals surface area contributed by atoms with Crippen molar-refractivity contribution in [1.82, 2.24) is 9.97 Å². The van der Waals surface area contributed by atoms with E-state index in [0.717, 1.165) is 25.7 Å². The number of aliphatic hydroxyl groups is 1. The van der Waals surface area contributed by atoms with Gasteiger partial charge in [0.15, 0.2) is 0 Å². The summed E-state index contributed by atoms with van der Waals surface area (Å²) in [7, 11) is 1.87. The number of hydrogen-bond acceptors (Lipinski definition) is 7. The fourth-order valence-corrected chi connectivity index (χ4v) is 2.44. The smallest absolute Gasteiger partial charge is 0.223 e. The molecule has 1 heterocycles. The van der Waals surface area contributed by atoms with Crippen LogP contribution in [0.5, 0.6) is 0 Å². The van der Waals surface area contributed by atoms with E-state index in [9.17, 15) is 5.11 Å². The SMILES string of the molecule is CN(CC1(O)CCCC1)c1cc(NN)nc(N)n1. The minimum atomic E-state index is -0.620. The molecule has 1 aromatic rings. The molecule has 0 saturated heterocycles. The summed E-state index contributed by atoms with van der Waals surface area (Å²) in [5, 5.41) is 10.4. The zero-order valence-electron chi connectivity index (χ0n) is 10.6. The normalized spacial score (nSPS) is 17.7. The first kappa shape index (κ1) is 12.8. The number of nitrogens with zero attached hydrogens (tertiary/aromatic N) is 3. The molecule has 18 heavy (non-hydrogen) atoms. The lowest BCUT2D eigenvalue weighted by Gasteiger charge is -2.29. The number of aromatic nitrogens is 2. The van der Waals surface area contributed by atoms with Gasteiger partial charge in [0.25, 0.3) is 0 Å². The van der Waals surface area contributed by atoms with Gasteiger partial charge in [-0.3, -0.25) is 0 Å². The number of hydrazine groups is 1. The van der Waals surface area contributed by atoms with Gasteiger partial charge in [-0.25, -0.2) is 5.84 Å². The molecule has 0 atom stereocenters. The molecular weight excluding hydrogens is 232 g/mol. The van der Waals surface area contributed by atoms with E-state index in [0.29, 0.717) is 18.2 Å². The van der Waals surface area contributed by atoms with E-state index in [1.807, 2.05) is 11.9 Å². The van der Waals surface area contributed by atoms with Crippen LogP contribution in [0.3, 0.4) is 0 Å². The largest absolute Gasteiger partial charge is 0.388 e. The first-order valence-electron chi connectivity index (χ1n) is 6.07. The summed E-state index contributed by atoms with van der Waals surface area (Å²) in [5.74, 6) is 6.58. The average molecular weight is 252 g/mol. The molecule has 7 nitrogen and oxygen atoms in total. The molecule has 1 aliphatic carbocycles. The fourth-order valence-electron chi connectivity index (χ4n) is 2.44. The highest BCUT2D eigenvalue weighted by Gasteiger charge is 2.32. The summed E-state index contributed by atoms with van der Waals surface area (Å²) in [6.45, 7) is 0.535. The molecule has 1 saturated carbocycles. The first-order valence-corrected chi connectivity index (χ1v) is 6.07. The van der Waals surface area contributed by atoms with Crippen LogP contribution in [-0.4, -0.2) is 34.3 Å². The standard InChI is InChI=1S/C11H20N6O/c1-17(7-11(18)4-2-3-5-11)9-6-8(16-13)14-10(12)15-9/h6,18H,2-5,7,13H2,1H3,(H3,12,14,15,16). The van der Waals surface area contributed by atoms with E-state index >= 15 is 0 Å². The summed E-state index contributed by atoms with van der Waals surface area (Å²) in [6.07, 6.45) is 3.82. The highest BCUT2D eigenvalue weighted by Crippen LogP contribution is 2.31. The van der Waals surface area contributed by atoms with Crippen molar-refractivity contribution in [3.05, 3.63) is 6.07 Å². The molecule has 0 spiro atoms. The second-order valence-electron chi connectivity index (χ2n) is 4.90. The molecule has 1 fully saturated rings. The van der Waals surface area contributed by atoms with E-state index in [2.05, 4.69) is 15.4 Å². The molecule has 0 aromatic carbocycles. The van der Waals surface area contributed by atoms with Gasteiger partial charge < -0.3 is 21.2 Å². The minimum Gasteiger partial charge on any atom is -0.388 e. The predicted octanol–water partition coefficient (Wildman–Crippen LogP) is 0.0857. The van der Waals surface area contributed by atoms with E-state index < -0.39 is 5.60 Å². The van der Waals surface area contributed by atoms with Crippen LogP contribution in [0.2, 0.25) is 0 Å². The highest BCUT2D eigenvalue weighted by atomic mass is 16.3. The van der Waals surface area contributed by atoms with Crippen LogP contribution in [-0.2, 0) is 0 Å². The number of nitrogen functional groups attached to an aromatic ring is 2. The van der Waals surface area contributed by atoms with Crippen LogP contribution < -0.4 is 21.9 Å². The van der Waals surface area contributed by atoms with Crippen molar-refractivity contribution in [3.8, 4) is 0 Å². The molecule has 1 aliphatic rings. The second kappa shape index (κ2) is 4.95. The van der Waals surface area contributed by atoms with Gasteiger partial charge >= 0.3 is 0 Å². The van der Waals surface area contributed by atoms with Gasteiger partial charge in [-0.15, -0.1) is 0 Å². The zero-order chi connectivity index (χ0) is 13.2. The van der Waals surface area contributed by atoms with Gasteiger partial charge in [-0.2, -0.15) is 9.97 Å². The quantitative estimate of drug-likeness (QED) is 0.443. The number of nitrogens with one attached hydrogen (secondary N) is 1.